The Kier molecular flexibility index (Phi) is 4.47. The van der Waals surface area contributed by atoms with Gasteiger partial charge in [-0.1, -0.05) is 17.7 Å². The van der Waals surface area contributed by atoms with Crippen LogP contribution in [0.4, 0.5) is 4.39 Å². The van der Waals surface area contributed by atoms with Gasteiger partial charge in [0, 0.05) is 27.7 Å². The molecule has 0 aliphatic heterocycles. The minimum absolute atomic E-state index is 0.143. The molecule has 0 radical (unpaired) electrons. The first-order valence-corrected chi connectivity index (χ1v) is 8.92. The van der Waals surface area contributed by atoms with Gasteiger partial charge in [0.1, 0.15) is 5.82 Å². The zero-order chi connectivity index (χ0) is 18.1. The van der Waals surface area contributed by atoms with Crippen molar-refractivity contribution in [2.24, 2.45) is 5.10 Å². The third-order valence-corrected chi connectivity index (χ3v) is 5.05. The molecule has 0 saturated carbocycles. The van der Waals surface area contributed by atoms with Crippen LogP contribution in [0.3, 0.4) is 0 Å². The maximum absolute atomic E-state index is 13.7. The van der Waals surface area contributed by atoms with Crippen LogP contribution in [0.25, 0.3) is 10.9 Å². The second kappa shape index (κ2) is 6.92. The zero-order valence-electron chi connectivity index (χ0n) is 14.0. The summed E-state index contributed by atoms with van der Waals surface area (Å²) in [6.45, 7) is 0. The number of carbonyl (C=O) groups is 1. The van der Waals surface area contributed by atoms with Crippen LogP contribution in [-0.4, -0.2) is 17.1 Å². The molecule has 4 nitrogen and oxygen atoms in total. The fourth-order valence-electron chi connectivity index (χ4n) is 3.40. The van der Waals surface area contributed by atoms with Gasteiger partial charge in [-0.05, 0) is 61.6 Å². The molecule has 1 aliphatic rings. The third-order valence-electron chi connectivity index (χ3n) is 4.72. The van der Waals surface area contributed by atoms with Gasteiger partial charge in [0.2, 0.25) is 0 Å². The van der Waals surface area contributed by atoms with Gasteiger partial charge in [0.05, 0.1) is 11.2 Å². The number of rotatable bonds is 3. The van der Waals surface area contributed by atoms with E-state index in [-0.39, 0.29) is 16.5 Å². The van der Waals surface area contributed by atoms with Crippen molar-refractivity contribution in [3.05, 3.63) is 69.6 Å². The van der Waals surface area contributed by atoms with Crippen LogP contribution in [0.15, 0.2) is 41.5 Å². The predicted molar refractivity (Wildman–Crippen MR) is 101 cm³/mol. The fraction of sp³-hybridized carbons (Fsp3) is 0.200. The van der Waals surface area contributed by atoms with Gasteiger partial charge in [-0.25, -0.2) is 9.82 Å². The lowest BCUT2D eigenvalue weighted by Crippen LogP contribution is -2.17. The summed E-state index contributed by atoms with van der Waals surface area (Å²) in [6, 6.07) is 9.93. The van der Waals surface area contributed by atoms with E-state index in [9.17, 15) is 9.18 Å². The number of hydrazone groups is 1. The van der Waals surface area contributed by atoms with Gasteiger partial charge >= 0.3 is 0 Å². The number of hydrogen-bond donors (Lipinski definition) is 2. The highest BCUT2D eigenvalue weighted by molar-refractivity contribution is 6.33. The molecule has 1 aliphatic carbocycles. The predicted octanol–water partition coefficient (Wildman–Crippen LogP) is 4.60. The lowest BCUT2D eigenvalue weighted by atomic mass is 9.95. The molecule has 1 amide bonds. The van der Waals surface area contributed by atoms with E-state index < -0.39 is 5.82 Å². The first-order chi connectivity index (χ1) is 12.6. The molecule has 1 heterocycles. The molecule has 0 fully saturated rings. The summed E-state index contributed by atoms with van der Waals surface area (Å²) in [4.78, 5) is 15.8. The van der Waals surface area contributed by atoms with Crippen LogP contribution in [0.5, 0.6) is 0 Å². The summed E-state index contributed by atoms with van der Waals surface area (Å²) < 4.78 is 13.7. The molecule has 6 heteroatoms. The number of amides is 1. The van der Waals surface area contributed by atoms with Gasteiger partial charge < -0.3 is 4.98 Å². The second-order valence-electron chi connectivity index (χ2n) is 6.38. The molecule has 2 N–H and O–H groups in total. The highest BCUT2D eigenvalue weighted by Crippen LogP contribution is 2.29. The van der Waals surface area contributed by atoms with E-state index in [1.165, 1.54) is 42.4 Å². The first-order valence-electron chi connectivity index (χ1n) is 8.54. The van der Waals surface area contributed by atoms with Crippen LogP contribution in [0.1, 0.15) is 40.0 Å². The summed E-state index contributed by atoms with van der Waals surface area (Å²) in [5.74, 6) is -0.836. The number of aryl methyl sites for hydroxylation is 2. The van der Waals surface area contributed by atoms with Gasteiger partial charge in [-0.15, -0.1) is 0 Å². The third kappa shape index (κ3) is 3.10. The number of benzene rings is 2. The maximum Gasteiger partial charge on any atom is 0.271 e. The number of aromatic amines is 1. The number of nitrogens with one attached hydrogen (secondary N) is 2. The number of aromatic nitrogens is 1. The Morgan fingerprint density at radius 1 is 1.23 bits per heavy atom. The highest BCUT2D eigenvalue weighted by atomic mass is 35.5. The van der Waals surface area contributed by atoms with Crippen LogP contribution < -0.4 is 5.43 Å². The van der Waals surface area contributed by atoms with Gasteiger partial charge in [0.15, 0.2) is 0 Å². The molecule has 26 heavy (non-hydrogen) atoms. The lowest BCUT2D eigenvalue weighted by molar-refractivity contribution is 0.0955. The van der Waals surface area contributed by atoms with Gasteiger partial charge in [0.25, 0.3) is 5.91 Å². The van der Waals surface area contributed by atoms with E-state index in [1.54, 1.807) is 12.1 Å². The summed E-state index contributed by atoms with van der Waals surface area (Å²) >= 11 is 5.93. The lowest BCUT2D eigenvalue weighted by Gasteiger charge is -2.10. The Morgan fingerprint density at radius 3 is 2.92 bits per heavy atom. The van der Waals surface area contributed by atoms with Crippen molar-refractivity contribution in [3.8, 4) is 0 Å². The maximum atomic E-state index is 13.7. The van der Waals surface area contributed by atoms with E-state index in [0.29, 0.717) is 5.56 Å². The molecule has 0 saturated heterocycles. The van der Waals surface area contributed by atoms with Crippen molar-refractivity contribution >= 4 is 34.6 Å². The van der Waals surface area contributed by atoms with E-state index >= 15 is 0 Å². The minimum atomic E-state index is -0.490. The van der Waals surface area contributed by atoms with E-state index in [4.69, 9.17) is 11.6 Å². The summed E-state index contributed by atoms with van der Waals surface area (Å²) in [5.41, 5.74) is 6.73. The Bertz CT molecular complexity index is 1010. The minimum Gasteiger partial charge on any atom is -0.358 e. The fourth-order valence-corrected chi connectivity index (χ4v) is 3.61. The Labute approximate surface area is 155 Å². The summed E-state index contributed by atoms with van der Waals surface area (Å²) in [6.07, 6.45) is 5.67. The van der Waals surface area contributed by atoms with Gasteiger partial charge in [-0.3, -0.25) is 4.79 Å². The van der Waals surface area contributed by atoms with Crippen molar-refractivity contribution in [1.29, 1.82) is 0 Å². The average Bonchev–Trinajstić information content (AvgIpc) is 3.02. The molecule has 132 valence electrons. The van der Waals surface area contributed by atoms with Crippen LogP contribution in [0.2, 0.25) is 5.02 Å². The van der Waals surface area contributed by atoms with Crippen molar-refractivity contribution in [1.82, 2.24) is 10.4 Å². The van der Waals surface area contributed by atoms with E-state index in [1.807, 2.05) is 12.1 Å². The van der Waals surface area contributed by atoms with Gasteiger partial charge in [-0.2, -0.15) is 5.10 Å². The average molecular weight is 370 g/mol. The Balaban J connectivity index is 1.55. The number of carbonyl (C=O) groups excluding carboxylic acids is 1. The number of nitrogens with zero attached hydrogens (tertiary/aromatic N) is 1. The number of H-pyrrole nitrogens is 1. The van der Waals surface area contributed by atoms with Crippen molar-refractivity contribution in [3.63, 3.8) is 0 Å². The van der Waals surface area contributed by atoms with Crippen LogP contribution in [-0.2, 0) is 12.8 Å². The second-order valence-corrected chi connectivity index (χ2v) is 6.79. The zero-order valence-corrected chi connectivity index (χ0v) is 14.7. The SMILES string of the molecule is O=C(N/N=C/c1c(F)cccc1Cl)c1ccc2[nH]c3c(c2c1)CCCC3. The smallest absolute Gasteiger partial charge is 0.271 e. The monoisotopic (exact) mass is 369 g/mol. The first kappa shape index (κ1) is 16.8. The van der Waals surface area contributed by atoms with Crippen LogP contribution in [0, 0.1) is 5.82 Å². The molecule has 3 aromatic rings. The molecule has 0 spiro atoms. The van der Waals surface area contributed by atoms with Crippen molar-refractivity contribution in [2.45, 2.75) is 25.7 Å². The van der Waals surface area contributed by atoms with Crippen molar-refractivity contribution < 1.29 is 9.18 Å². The Hall–Kier alpha value is -2.66. The molecule has 0 atom stereocenters. The normalized spacial score (nSPS) is 13.9. The molecular formula is C20H17ClFN3O. The Morgan fingerprint density at radius 2 is 2.08 bits per heavy atom. The molecular weight excluding hydrogens is 353 g/mol. The molecule has 1 aromatic heterocycles. The molecule has 2 aromatic carbocycles. The summed E-state index contributed by atoms with van der Waals surface area (Å²) in [7, 11) is 0. The van der Waals surface area contributed by atoms with E-state index in [0.717, 1.165) is 23.7 Å². The van der Waals surface area contributed by atoms with Crippen LogP contribution >= 0.6 is 11.6 Å². The highest BCUT2D eigenvalue weighted by Gasteiger charge is 2.16. The quantitative estimate of drug-likeness (QED) is 0.514. The largest absolute Gasteiger partial charge is 0.358 e. The number of halogens is 2. The molecule has 0 unspecified atom stereocenters. The molecule has 4 rings (SSSR count). The topological polar surface area (TPSA) is 57.2 Å². The van der Waals surface area contributed by atoms with E-state index in [2.05, 4.69) is 15.5 Å². The van der Waals surface area contributed by atoms with Crippen molar-refractivity contribution in [2.75, 3.05) is 0 Å². The number of fused-ring (bicyclic) bond motifs is 3. The molecule has 0 bridgehead atoms. The summed E-state index contributed by atoms with van der Waals surface area (Å²) in [5, 5.41) is 5.17. The standard InChI is InChI=1S/C20H17ClFN3O/c21-16-5-3-6-17(22)15(16)11-23-25-20(26)12-8-9-19-14(10-12)13-4-1-2-7-18(13)24-19/h3,5-6,8-11,24H,1-2,4,7H2,(H,25,26)/b23-11+. The number of hydrogen-bond acceptors (Lipinski definition) is 2.